The molecule has 0 saturated carbocycles. The summed E-state index contributed by atoms with van der Waals surface area (Å²) in [5.74, 6) is 0.531. The molecule has 5 aromatic rings. The van der Waals surface area contributed by atoms with Gasteiger partial charge in [-0.05, 0) is 34.7 Å². The van der Waals surface area contributed by atoms with Gasteiger partial charge in [-0.2, -0.15) is 4.98 Å². The zero-order valence-electron chi connectivity index (χ0n) is 19.8. The van der Waals surface area contributed by atoms with E-state index in [0.717, 1.165) is 0 Å². The van der Waals surface area contributed by atoms with Crippen LogP contribution in [0.3, 0.4) is 0 Å². The number of carbonyl (C=O) groups excluding carboxylic acids is 1. The lowest BCUT2D eigenvalue weighted by atomic mass is 10.3. The van der Waals surface area contributed by atoms with Crippen molar-refractivity contribution in [1.82, 2.24) is 34.7 Å². The van der Waals surface area contributed by atoms with E-state index in [1.165, 1.54) is 28.5 Å². The minimum Gasteiger partial charge on any atom is -0.494 e. The smallest absolute Gasteiger partial charge is 0.305 e. The van der Waals surface area contributed by atoms with Gasteiger partial charge in [0.25, 0.3) is 11.9 Å². The van der Waals surface area contributed by atoms with Crippen molar-refractivity contribution in [3.63, 3.8) is 0 Å². The van der Waals surface area contributed by atoms with E-state index in [0.29, 0.717) is 28.3 Å². The molecule has 0 aliphatic carbocycles. The van der Waals surface area contributed by atoms with E-state index < -0.39 is 5.82 Å². The van der Waals surface area contributed by atoms with Gasteiger partial charge in [0.15, 0.2) is 6.61 Å². The zero-order valence-corrected chi connectivity index (χ0v) is 19.8. The number of imidazole rings is 1. The number of nitrogens with zero attached hydrogens (tertiary/aromatic N) is 7. The highest BCUT2D eigenvalue weighted by Gasteiger charge is 2.22. The third-order valence-corrected chi connectivity index (χ3v) is 5.21. The Balaban J connectivity index is 1.35. The van der Waals surface area contributed by atoms with E-state index >= 15 is 0 Å². The molecule has 2 aromatic carbocycles. The van der Waals surface area contributed by atoms with Crippen molar-refractivity contribution in [3.05, 3.63) is 72.2 Å². The van der Waals surface area contributed by atoms with E-state index in [4.69, 9.17) is 14.2 Å². The van der Waals surface area contributed by atoms with Gasteiger partial charge in [-0.1, -0.05) is 29.4 Å². The van der Waals surface area contributed by atoms with Gasteiger partial charge in [0.2, 0.25) is 0 Å². The molecule has 1 amide bonds. The lowest BCUT2D eigenvalue weighted by Gasteiger charge is -2.10. The fourth-order valence-corrected chi connectivity index (χ4v) is 3.56. The maximum atomic E-state index is 14.3. The molecule has 0 aliphatic rings. The first-order chi connectivity index (χ1) is 18.0. The lowest BCUT2D eigenvalue weighted by Crippen LogP contribution is -2.21. The number of amides is 1. The van der Waals surface area contributed by atoms with Crippen molar-refractivity contribution in [1.29, 1.82) is 0 Å². The van der Waals surface area contributed by atoms with Crippen LogP contribution in [0.1, 0.15) is 5.69 Å². The number of halogens is 1. The fraction of sp³-hybridized carbons (Fsp3) is 0.167. The van der Waals surface area contributed by atoms with E-state index in [-0.39, 0.29) is 36.8 Å². The zero-order chi connectivity index (χ0) is 25.8. The molecular weight excluding hydrogens is 483 g/mol. The predicted molar refractivity (Wildman–Crippen MR) is 129 cm³/mol. The molecular formula is C24H21FN8O4. The lowest BCUT2D eigenvalue weighted by molar-refractivity contribution is -0.118. The number of fused-ring (bicyclic) bond motifs is 1. The molecule has 1 N–H and O–H groups in total. The van der Waals surface area contributed by atoms with Crippen LogP contribution in [0.15, 0.2) is 60.7 Å². The number of nitrogens with one attached hydrogen (secondary N) is 1. The molecule has 188 valence electrons. The van der Waals surface area contributed by atoms with Crippen molar-refractivity contribution >= 4 is 22.8 Å². The summed E-state index contributed by atoms with van der Waals surface area (Å²) in [7, 11) is 3.06. The molecule has 12 nitrogen and oxygen atoms in total. The van der Waals surface area contributed by atoms with E-state index in [2.05, 4.69) is 30.8 Å². The number of para-hydroxylation sites is 1. The van der Waals surface area contributed by atoms with Crippen molar-refractivity contribution in [2.45, 2.75) is 6.61 Å². The van der Waals surface area contributed by atoms with Crippen molar-refractivity contribution < 1.29 is 23.4 Å². The Kier molecular flexibility index (Phi) is 6.57. The molecule has 0 bridgehead atoms. The van der Waals surface area contributed by atoms with E-state index in [9.17, 15) is 9.18 Å². The number of rotatable bonds is 9. The third kappa shape index (κ3) is 5.15. The van der Waals surface area contributed by atoms with Crippen molar-refractivity contribution in [3.8, 4) is 23.5 Å². The summed E-state index contributed by atoms with van der Waals surface area (Å²) in [6.45, 7) is -0.176. The van der Waals surface area contributed by atoms with Crippen molar-refractivity contribution in [2.75, 3.05) is 19.0 Å². The first-order valence-electron chi connectivity index (χ1n) is 11.1. The van der Waals surface area contributed by atoms with Gasteiger partial charge in [-0.25, -0.2) is 18.6 Å². The summed E-state index contributed by atoms with van der Waals surface area (Å²) < 4.78 is 33.9. The van der Waals surface area contributed by atoms with Crippen LogP contribution in [0.2, 0.25) is 0 Å². The summed E-state index contributed by atoms with van der Waals surface area (Å²) >= 11 is 0. The Labute approximate surface area is 209 Å². The maximum Gasteiger partial charge on any atom is 0.305 e. The Morgan fingerprint density at radius 3 is 2.65 bits per heavy atom. The van der Waals surface area contributed by atoms with Gasteiger partial charge in [0, 0.05) is 19.2 Å². The standard InChI is InChI=1S/C24H21FN8O4/c1-32-23(29-30-31-32)33-18-11-15(25)12-19(35-2)22(18)28-24(33)37-13-16-7-6-10-20(26-16)27-21(34)14-36-17-8-4-3-5-9-17/h3-12H,13-14H2,1-2H3,(H,26,27,34). The Morgan fingerprint density at radius 2 is 1.89 bits per heavy atom. The molecule has 0 spiro atoms. The number of ether oxygens (including phenoxy) is 3. The molecule has 3 aromatic heterocycles. The quantitative estimate of drug-likeness (QED) is 0.322. The second-order valence-corrected chi connectivity index (χ2v) is 7.76. The van der Waals surface area contributed by atoms with Crippen LogP contribution in [0.25, 0.3) is 17.0 Å². The molecule has 0 fully saturated rings. The number of methoxy groups -OCH3 is 1. The number of carbonyl (C=O) groups is 1. The molecule has 3 heterocycles. The summed E-state index contributed by atoms with van der Waals surface area (Å²) in [6, 6.07) is 16.8. The predicted octanol–water partition coefficient (Wildman–Crippen LogP) is 2.69. The highest BCUT2D eigenvalue weighted by Crippen LogP contribution is 2.32. The molecule has 0 atom stereocenters. The molecule has 0 unspecified atom stereocenters. The largest absolute Gasteiger partial charge is 0.494 e. The number of anilines is 1. The average molecular weight is 504 g/mol. The van der Waals surface area contributed by atoms with Crippen LogP contribution >= 0.6 is 0 Å². The van der Waals surface area contributed by atoms with Crippen LogP contribution in [0, 0.1) is 5.82 Å². The number of tetrazole rings is 1. The van der Waals surface area contributed by atoms with Gasteiger partial charge in [0.1, 0.15) is 35.3 Å². The number of pyridine rings is 1. The fourth-order valence-electron chi connectivity index (χ4n) is 3.56. The van der Waals surface area contributed by atoms with Crippen LogP contribution in [0.4, 0.5) is 10.2 Å². The SMILES string of the molecule is COc1cc(F)cc2c1nc(OCc1cccc(NC(=O)COc3ccccc3)n1)n2-c1nnnn1C. The Morgan fingerprint density at radius 1 is 1.05 bits per heavy atom. The Hall–Kier alpha value is -5.07. The van der Waals surface area contributed by atoms with Crippen molar-refractivity contribution in [2.24, 2.45) is 7.05 Å². The molecule has 37 heavy (non-hydrogen) atoms. The highest BCUT2D eigenvalue weighted by molar-refractivity contribution is 5.91. The molecule has 13 heteroatoms. The minimum atomic E-state index is -0.520. The first kappa shape index (κ1) is 23.7. The summed E-state index contributed by atoms with van der Waals surface area (Å²) in [4.78, 5) is 21.2. The maximum absolute atomic E-state index is 14.3. The van der Waals surface area contributed by atoms with Gasteiger partial charge < -0.3 is 19.5 Å². The number of aromatic nitrogens is 7. The second kappa shape index (κ2) is 10.3. The number of benzene rings is 2. The van der Waals surface area contributed by atoms with Crippen LogP contribution in [-0.4, -0.2) is 54.4 Å². The van der Waals surface area contributed by atoms with Crippen LogP contribution in [-0.2, 0) is 18.4 Å². The van der Waals surface area contributed by atoms with Crippen LogP contribution < -0.4 is 19.5 Å². The van der Waals surface area contributed by atoms with Gasteiger partial charge >= 0.3 is 6.01 Å². The molecule has 0 aliphatic heterocycles. The first-order valence-corrected chi connectivity index (χ1v) is 11.1. The van der Waals surface area contributed by atoms with Gasteiger partial charge in [-0.3, -0.25) is 4.79 Å². The van der Waals surface area contributed by atoms with Gasteiger partial charge in [0.05, 0.1) is 18.3 Å². The number of hydrogen-bond acceptors (Lipinski definition) is 9. The average Bonchev–Trinajstić information content (AvgIpc) is 3.48. The normalized spacial score (nSPS) is 10.9. The monoisotopic (exact) mass is 504 g/mol. The summed E-state index contributed by atoms with van der Waals surface area (Å²) in [5, 5.41) is 14.2. The molecule has 5 rings (SSSR count). The van der Waals surface area contributed by atoms with E-state index in [1.807, 2.05) is 18.2 Å². The number of hydrogen-bond donors (Lipinski definition) is 1. The third-order valence-electron chi connectivity index (χ3n) is 5.21. The summed E-state index contributed by atoms with van der Waals surface area (Å²) in [6.07, 6.45) is 0. The van der Waals surface area contributed by atoms with E-state index in [1.54, 1.807) is 37.4 Å². The Bertz CT molecular complexity index is 1550. The molecule has 0 saturated heterocycles. The summed E-state index contributed by atoms with van der Waals surface area (Å²) in [5.41, 5.74) is 1.24. The minimum absolute atomic E-state index is 0.0103. The van der Waals surface area contributed by atoms with Crippen LogP contribution in [0.5, 0.6) is 17.5 Å². The topological polar surface area (TPSA) is 131 Å². The van der Waals surface area contributed by atoms with Gasteiger partial charge in [-0.15, -0.1) is 0 Å². The number of aryl methyl sites for hydroxylation is 1. The highest BCUT2D eigenvalue weighted by atomic mass is 19.1. The molecule has 0 radical (unpaired) electrons. The second-order valence-electron chi connectivity index (χ2n) is 7.76.